The van der Waals surface area contributed by atoms with E-state index < -0.39 is 0 Å². The number of hydrogen-bond donors (Lipinski definition) is 0. The van der Waals surface area contributed by atoms with Crippen molar-refractivity contribution in [1.82, 2.24) is 0 Å². The Morgan fingerprint density at radius 1 is 0.438 bits per heavy atom. The second-order valence-corrected chi connectivity index (χ2v) is 13.0. The third-order valence-corrected chi connectivity index (χ3v) is 9.88. The van der Waals surface area contributed by atoms with Gasteiger partial charge in [0.25, 0.3) is 0 Å². The lowest BCUT2D eigenvalue weighted by Gasteiger charge is -2.14. The number of benzene rings is 4. The summed E-state index contributed by atoms with van der Waals surface area (Å²) in [4.78, 5) is 0. The molecular formula is C46H40N2+2. The SMILES string of the molecule is C=C1CCC[n+]2c(/C=C/c3ccc4ccccc4c3)cccc2/C1=C1/C(=C)CCC[n+]2c(/C=C/c3ccc4ccccc4c3)cccc21. The van der Waals surface area contributed by atoms with E-state index >= 15 is 0 Å². The molecule has 8 rings (SSSR count). The molecule has 2 nitrogen and oxygen atoms in total. The van der Waals surface area contributed by atoms with Gasteiger partial charge in [-0.3, -0.25) is 0 Å². The van der Waals surface area contributed by atoms with Crippen LogP contribution in [0.4, 0.5) is 0 Å². The van der Waals surface area contributed by atoms with Gasteiger partial charge in [-0.05, 0) is 93.1 Å². The molecule has 0 aliphatic carbocycles. The zero-order valence-corrected chi connectivity index (χ0v) is 27.4. The van der Waals surface area contributed by atoms with Gasteiger partial charge >= 0.3 is 0 Å². The number of nitrogens with zero attached hydrogens (tertiary/aromatic N) is 2. The van der Waals surface area contributed by atoms with Gasteiger partial charge in [0.05, 0.1) is 11.1 Å². The number of fused-ring (bicyclic) bond motifs is 4. The predicted octanol–water partition coefficient (Wildman–Crippen LogP) is 10.5. The molecule has 0 fully saturated rings. The number of allylic oxidation sites excluding steroid dienone is 4. The first-order valence-electron chi connectivity index (χ1n) is 17.1. The molecule has 0 bridgehead atoms. The third kappa shape index (κ3) is 5.75. The first-order valence-corrected chi connectivity index (χ1v) is 17.1. The van der Waals surface area contributed by atoms with Gasteiger partial charge in [0.2, 0.25) is 22.8 Å². The van der Waals surface area contributed by atoms with Crippen LogP contribution in [0, 0.1) is 0 Å². The van der Waals surface area contributed by atoms with E-state index in [1.807, 2.05) is 0 Å². The van der Waals surface area contributed by atoms with Crippen molar-refractivity contribution in [3.05, 3.63) is 180 Å². The van der Waals surface area contributed by atoms with E-state index in [-0.39, 0.29) is 0 Å². The molecular weight excluding hydrogens is 581 g/mol. The highest BCUT2D eigenvalue weighted by molar-refractivity contribution is 6.01. The predicted molar refractivity (Wildman–Crippen MR) is 203 cm³/mol. The fourth-order valence-electron chi connectivity index (χ4n) is 7.45. The van der Waals surface area contributed by atoms with Gasteiger partial charge < -0.3 is 0 Å². The first kappa shape index (κ1) is 29.8. The second-order valence-electron chi connectivity index (χ2n) is 13.0. The normalized spacial score (nSPS) is 16.8. The van der Waals surface area contributed by atoms with Crippen LogP contribution in [-0.2, 0) is 13.1 Å². The summed E-state index contributed by atoms with van der Waals surface area (Å²) in [7, 11) is 0. The molecule has 232 valence electrons. The average molecular weight is 621 g/mol. The van der Waals surface area contributed by atoms with Gasteiger partial charge in [0.1, 0.15) is 13.1 Å². The number of aromatic nitrogens is 2. The molecule has 2 aliphatic heterocycles. The Morgan fingerprint density at radius 2 is 0.875 bits per heavy atom. The van der Waals surface area contributed by atoms with Crippen molar-refractivity contribution >= 4 is 57.0 Å². The molecule has 0 N–H and O–H groups in total. The highest BCUT2D eigenvalue weighted by Gasteiger charge is 2.33. The summed E-state index contributed by atoms with van der Waals surface area (Å²) < 4.78 is 4.98. The Labute approximate surface area is 283 Å². The van der Waals surface area contributed by atoms with Crippen LogP contribution >= 0.6 is 0 Å². The maximum Gasteiger partial charge on any atom is 0.214 e. The third-order valence-electron chi connectivity index (χ3n) is 9.88. The number of hydrogen-bond acceptors (Lipinski definition) is 0. The number of rotatable bonds is 4. The highest BCUT2D eigenvalue weighted by atomic mass is 15.0. The summed E-state index contributed by atoms with van der Waals surface area (Å²) in [6.07, 6.45) is 13.0. The van der Waals surface area contributed by atoms with Crippen LogP contribution in [0.15, 0.2) is 146 Å². The molecule has 0 atom stereocenters. The summed E-state index contributed by atoms with van der Waals surface area (Å²) in [6, 6.07) is 43.9. The van der Waals surface area contributed by atoms with Crippen molar-refractivity contribution < 1.29 is 9.13 Å². The van der Waals surface area contributed by atoms with Crippen LogP contribution in [0.5, 0.6) is 0 Å². The van der Waals surface area contributed by atoms with Crippen molar-refractivity contribution in [3.8, 4) is 0 Å². The zero-order valence-electron chi connectivity index (χ0n) is 27.4. The van der Waals surface area contributed by atoms with Gasteiger partial charge in [-0.1, -0.05) is 86.0 Å². The molecule has 0 spiro atoms. The Balaban J connectivity index is 1.22. The van der Waals surface area contributed by atoms with Gasteiger partial charge in [-0.25, -0.2) is 0 Å². The van der Waals surface area contributed by atoms with Crippen molar-refractivity contribution in [3.63, 3.8) is 0 Å². The topological polar surface area (TPSA) is 7.76 Å². The lowest BCUT2D eigenvalue weighted by Crippen LogP contribution is -2.41. The van der Waals surface area contributed by atoms with E-state index in [1.165, 1.54) is 77.7 Å². The van der Waals surface area contributed by atoms with Gasteiger partial charge in [-0.2, -0.15) is 9.13 Å². The minimum absolute atomic E-state index is 0.949. The van der Waals surface area contributed by atoms with Gasteiger partial charge in [-0.15, -0.1) is 0 Å². The van der Waals surface area contributed by atoms with Crippen LogP contribution in [0.2, 0.25) is 0 Å². The van der Waals surface area contributed by atoms with Crippen LogP contribution in [-0.4, -0.2) is 0 Å². The molecule has 4 heterocycles. The van der Waals surface area contributed by atoms with Crippen molar-refractivity contribution in [1.29, 1.82) is 0 Å². The molecule has 6 aromatic rings. The molecule has 2 aliphatic rings. The van der Waals surface area contributed by atoms with Crippen LogP contribution in [0.25, 0.3) is 57.0 Å². The van der Waals surface area contributed by atoms with Crippen LogP contribution < -0.4 is 9.13 Å². The molecule has 0 saturated carbocycles. The fourth-order valence-corrected chi connectivity index (χ4v) is 7.45. The molecule has 4 aromatic carbocycles. The zero-order chi connectivity index (χ0) is 32.5. The molecule has 2 heteroatoms. The molecule has 0 radical (unpaired) electrons. The lowest BCUT2D eigenvalue weighted by atomic mass is 9.88. The van der Waals surface area contributed by atoms with E-state index in [2.05, 4.69) is 168 Å². The van der Waals surface area contributed by atoms with Crippen LogP contribution in [0.1, 0.15) is 59.6 Å². The van der Waals surface area contributed by atoms with E-state index in [0.29, 0.717) is 0 Å². The Bertz CT molecular complexity index is 2170. The molecule has 0 saturated heterocycles. The van der Waals surface area contributed by atoms with E-state index in [1.54, 1.807) is 0 Å². The second kappa shape index (κ2) is 12.9. The molecule has 48 heavy (non-hydrogen) atoms. The lowest BCUT2D eigenvalue weighted by molar-refractivity contribution is -0.701. The Morgan fingerprint density at radius 3 is 1.33 bits per heavy atom. The highest BCUT2D eigenvalue weighted by Crippen LogP contribution is 2.39. The quantitative estimate of drug-likeness (QED) is 0.173. The summed E-state index contributed by atoms with van der Waals surface area (Å²) in [5, 5.41) is 5.05. The largest absolute Gasteiger partial charge is 0.214 e. The first-order chi connectivity index (χ1) is 23.6. The van der Waals surface area contributed by atoms with Gasteiger partial charge in [0, 0.05) is 49.3 Å². The Kier molecular flexibility index (Phi) is 8.00. The maximum absolute atomic E-state index is 4.69. The summed E-state index contributed by atoms with van der Waals surface area (Å²) >= 11 is 0. The smallest absolute Gasteiger partial charge is 0.192 e. The van der Waals surface area contributed by atoms with E-state index in [4.69, 9.17) is 0 Å². The monoisotopic (exact) mass is 620 g/mol. The summed E-state index contributed by atoms with van der Waals surface area (Å²) in [5.41, 5.74) is 12.1. The van der Waals surface area contributed by atoms with E-state index in [9.17, 15) is 0 Å². The number of pyridine rings is 2. The van der Waals surface area contributed by atoms with Crippen molar-refractivity contribution in [2.24, 2.45) is 0 Å². The van der Waals surface area contributed by atoms with Gasteiger partial charge in [0.15, 0.2) is 0 Å². The fraction of sp³-hybridized carbons (Fsp3) is 0.130. The molecule has 2 aromatic heterocycles. The minimum atomic E-state index is 0.949. The summed E-state index contributed by atoms with van der Waals surface area (Å²) in [5.74, 6) is 0. The molecule has 0 amide bonds. The van der Waals surface area contributed by atoms with E-state index in [0.717, 1.165) is 38.8 Å². The Hall–Kier alpha value is -5.60. The van der Waals surface area contributed by atoms with Crippen LogP contribution in [0.3, 0.4) is 0 Å². The molecule has 0 unspecified atom stereocenters. The minimum Gasteiger partial charge on any atom is -0.192 e. The average Bonchev–Trinajstić information content (AvgIpc) is 3.39. The van der Waals surface area contributed by atoms with Crippen molar-refractivity contribution in [2.45, 2.75) is 38.8 Å². The van der Waals surface area contributed by atoms with Crippen molar-refractivity contribution in [2.75, 3.05) is 0 Å². The standard InChI is InChI=1S/C46H40N2/c1-33-11-9-29-47-41(27-23-35-21-25-37-13-3-5-15-39(37)31-35)17-7-19-43(47)45(33)46-34(2)12-10-30-48-42(18-8-20-44(46)48)28-24-36-22-26-38-14-4-6-16-40(38)32-36/h3-8,13-28,31-32H,1-2,9-12,29-30H2/q+2/b27-23+,28-24+,46-45-. The summed E-state index contributed by atoms with van der Waals surface area (Å²) in [6.45, 7) is 11.3. The maximum atomic E-state index is 4.69.